The fourth-order valence-electron chi connectivity index (χ4n) is 1.09. The highest BCUT2D eigenvalue weighted by atomic mass is 16.5. The zero-order chi connectivity index (χ0) is 11.2. The number of rotatable bonds is 7. The van der Waals surface area contributed by atoms with Crippen molar-refractivity contribution in [3.8, 4) is 0 Å². The van der Waals surface area contributed by atoms with Crippen LogP contribution in [-0.2, 0) is 9.53 Å². The third kappa shape index (κ3) is 5.22. The molecule has 0 aliphatic rings. The van der Waals surface area contributed by atoms with Gasteiger partial charge < -0.3 is 9.84 Å². The van der Waals surface area contributed by atoms with Crippen LogP contribution in [-0.4, -0.2) is 22.8 Å². The van der Waals surface area contributed by atoms with Crippen molar-refractivity contribution in [1.82, 2.24) is 0 Å². The van der Waals surface area contributed by atoms with E-state index in [1.54, 1.807) is 0 Å². The summed E-state index contributed by atoms with van der Waals surface area (Å²) in [4.78, 5) is 10.9. The molecule has 0 radical (unpaired) electrons. The van der Waals surface area contributed by atoms with Crippen LogP contribution in [0.1, 0.15) is 53.4 Å². The molecule has 3 nitrogen and oxygen atoms in total. The van der Waals surface area contributed by atoms with E-state index in [2.05, 4.69) is 0 Å². The molecule has 0 saturated heterocycles. The van der Waals surface area contributed by atoms with Crippen LogP contribution < -0.4 is 0 Å². The van der Waals surface area contributed by atoms with Gasteiger partial charge in [0.2, 0.25) is 0 Å². The molecule has 0 aromatic heterocycles. The molecule has 1 unspecified atom stereocenters. The average molecular weight is 202 g/mol. The number of carbonyl (C=O) groups is 1. The van der Waals surface area contributed by atoms with Crippen LogP contribution in [0.2, 0.25) is 0 Å². The largest absolute Gasteiger partial charge is 0.479 e. The van der Waals surface area contributed by atoms with E-state index in [0.717, 1.165) is 19.3 Å². The lowest BCUT2D eigenvalue weighted by molar-refractivity contribution is -0.162. The lowest BCUT2D eigenvalue weighted by atomic mass is 10.1. The molecule has 0 heterocycles. The zero-order valence-electron chi connectivity index (χ0n) is 9.67. The first-order valence-corrected chi connectivity index (χ1v) is 5.33. The molecule has 1 atom stereocenters. The molecule has 0 bridgehead atoms. The summed E-state index contributed by atoms with van der Waals surface area (Å²) in [5.41, 5.74) is -0.337. The molecule has 0 amide bonds. The van der Waals surface area contributed by atoms with Crippen LogP contribution in [0.4, 0.5) is 0 Å². The van der Waals surface area contributed by atoms with E-state index in [4.69, 9.17) is 9.84 Å². The molecule has 0 aliphatic carbocycles. The van der Waals surface area contributed by atoms with Gasteiger partial charge in [-0.15, -0.1) is 0 Å². The maximum atomic E-state index is 10.9. The summed E-state index contributed by atoms with van der Waals surface area (Å²) in [7, 11) is 0. The van der Waals surface area contributed by atoms with Crippen molar-refractivity contribution in [2.45, 2.75) is 65.1 Å². The lowest BCUT2D eigenvalue weighted by Crippen LogP contribution is -2.34. The van der Waals surface area contributed by atoms with Gasteiger partial charge >= 0.3 is 5.97 Å². The van der Waals surface area contributed by atoms with Crippen molar-refractivity contribution in [3.05, 3.63) is 0 Å². The Morgan fingerprint density at radius 1 is 1.43 bits per heavy atom. The van der Waals surface area contributed by atoms with Crippen LogP contribution in [0.25, 0.3) is 0 Å². The molecule has 3 heteroatoms. The Kier molecular flexibility index (Phi) is 5.77. The number of ether oxygens (including phenoxy) is 1. The normalized spacial score (nSPS) is 14.0. The number of aliphatic carboxylic acids is 1. The van der Waals surface area contributed by atoms with Gasteiger partial charge in [0.1, 0.15) is 0 Å². The van der Waals surface area contributed by atoms with E-state index >= 15 is 0 Å². The van der Waals surface area contributed by atoms with E-state index in [9.17, 15) is 4.79 Å². The average Bonchev–Trinajstić information content (AvgIpc) is 2.12. The summed E-state index contributed by atoms with van der Waals surface area (Å²) in [6.45, 7) is 7.90. The minimum atomic E-state index is -0.847. The number of hydrogen-bond acceptors (Lipinski definition) is 2. The molecule has 14 heavy (non-hydrogen) atoms. The van der Waals surface area contributed by atoms with Crippen molar-refractivity contribution in [2.24, 2.45) is 0 Å². The standard InChI is InChI=1S/C11H22O3/c1-5-7-8-9(10(12)13)14-11(3,4)6-2/h9H,5-8H2,1-4H3,(H,12,13). The number of unbranched alkanes of at least 4 members (excludes halogenated alkanes) is 1. The fraction of sp³-hybridized carbons (Fsp3) is 0.909. The second-order valence-electron chi connectivity index (χ2n) is 4.20. The van der Waals surface area contributed by atoms with E-state index in [-0.39, 0.29) is 5.60 Å². The van der Waals surface area contributed by atoms with Gasteiger partial charge in [0.05, 0.1) is 5.60 Å². The maximum absolute atomic E-state index is 10.9. The van der Waals surface area contributed by atoms with Crippen molar-refractivity contribution in [1.29, 1.82) is 0 Å². The maximum Gasteiger partial charge on any atom is 0.332 e. The third-order valence-corrected chi connectivity index (χ3v) is 2.41. The predicted octanol–water partition coefficient (Wildman–Crippen LogP) is 2.84. The Hall–Kier alpha value is -0.570. The highest BCUT2D eigenvalue weighted by molar-refractivity contribution is 5.72. The van der Waals surface area contributed by atoms with Crippen molar-refractivity contribution in [2.75, 3.05) is 0 Å². The summed E-state index contributed by atoms with van der Waals surface area (Å²) < 4.78 is 5.55. The second kappa shape index (κ2) is 6.02. The summed E-state index contributed by atoms with van der Waals surface area (Å²) in [6.07, 6.45) is 2.68. The summed E-state index contributed by atoms with van der Waals surface area (Å²) >= 11 is 0. The SMILES string of the molecule is CCCCC(OC(C)(C)CC)C(=O)O. The van der Waals surface area contributed by atoms with Gasteiger partial charge in [-0.3, -0.25) is 0 Å². The van der Waals surface area contributed by atoms with E-state index in [0.29, 0.717) is 6.42 Å². The van der Waals surface area contributed by atoms with E-state index in [1.165, 1.54) is 0 Å². The summed E-state index contributed by atoms with van der Waals surface area (Å²) in [6, 6.07) is 0. The van der Waals surface area contributed by atoms with Crippen LogP contribution >= 0.6 is 0 Å². The summed E-state index contributed by atoms with van der Waals surface area (Å²) in [5, 5.41) is 8.93. The second-order valence-corrected chi connectivity index (χ2v) is 4.20. The first-order chi connectivity index (χ1) is 6.43. The molecule has 0 aliphatic heterocycles. The van der Waals surface area contributed by atoms with E-state index in [1.807, 2.05) is 27.7 Å². The molecule has 0 spiro atoms. The Labute approximate surface area is 86.5 Å². The van der Waals surface area contributed by atoms with Crippen molar-refractivity contribution < 1.29 is 14.6 Å². The van der Waals surface area contributed by atoms with Crippen LogP contribution in [0.3, 0.4) is 0 Å². The first-order valence-electron chi connectivity index (χ1n) is 5.33. The van der Waals surface area contributed by atoms with Gasteiger partial charge in [0.25, 0.3) is 0 Å². The van der Waals surface area contributed by atoms with Gasteiger partial charge in [-0.2, -0.15) is 0 Å². The van der Waals surface area contributed by atoms with Gasteiger partial charge in [0, 0.05) is 0 Å². The highest BCUT2D eigenvalue weighted by Gasteiger charge is 2.26. The lowest BCUT2D eigenvalue weighted by Gasteiger charge is -2.27. The molecule has 1 N–H and O–H groups in total. The Balaban J connectivity index is 4.15. The number of carboxylic acid groups (broad SMARTS) is 1. The third-order valence-electron chi connectivity index (χ3n) is 2.41. The molecular weight excluding hydrogens is 180 g/mol. The molecule has 0 aromatic carbocycles. The van der Waals surface area contributed by atoms with Crippen LogP contribution in [0.5, 0.6) is 0 Å². The molecule has 84 valence electrons. The molecule has 0 saturated carbocycles. The highest BCUT2D eigenvalue weighted by Crippen LogP contribution is 2.19. The molecule has 0 fully saturated rings. The fourth-order valence-corrected chi connectivity index (χ4v) is 1.09. The molecular formula is C11H22O3. The monoisotopic (exact) mass is 202 g/mol. The van der Waals surface area contributed by atoms with Gasteiger partial charge in [0.15, 0.2) is 6.10 Å². The Morgan fingerprint density at radius 3 is 2.36 bits per heavy atom. The minimum absolute atomic E-state index is 0.337. The Morgan fingerprint density at radius 2 is 2.00 bits per heavy atom. The van der Waals surface area contributed by atoms with E-state index < -0.39 is 12.1 Å². The predicted molar refractivity (Wildman–Crippen MR) is 56.4 cm³/mol. The zero-order valence-corrected chi connectivity index (χ0v) is 9.67. The first kappa shape index (κ1) is 13.4. The van der Waals surface area contributed by atoms with Gasteiger partial charge in [-0.05, 0) is 26.7 Å². The van der Waals surface area contributed by atoms with Gasteiger partial charge in [-0.25, -0.2) is 4.79 Å². The Bertz CT molecular complexity index is 175. The molecule has 0 aromatic rings. The smallest absolute Gasteiger partial charge is 0.332 e. The summed E-state index contributed by atoms with van der Waals surface area (Å²) in [5.74, 6) is -0.847. The van der Waals surface area contributed by atoms with Crippen molar-refractivity contribution in [3.63, 3.8) is 0 Å². The van der Waals surface area contributed by atoms with Crippen molar-refractivity contribution >= 4 is 5.97 Å². The van der Waals surface area contributed by atoms with Crippen LogP contribution in [0, 0.1) is 0 Å². The topological polar surface area (TPSA) is 46.5 Å². The number of carboxylic acids is 1. The van der Waals surface area contributed by atoms with Crippen LogP contribution in [0.15, 0.2) is 0 Å². The molecule has 0 rings (SSSR count). The van der Waals surface area contributed by atoms with Gasteiger partial charge in [-0.1, -0.05) is 26.7 Å². The number of hydrogen-bond donors (Lipinski definition) is 1. The minimum Gasteiger partial charge on any atom is -0.479 e. The quantitative estimate of drug-likeness (QED) is 0.690.